The summed E-state index contributed by atoms with van der Waals surface area (Å²) in [6.07, 6.45) is 5.95. The highest BCUT2D eigenvalue weighted by Crippen LogP contribution is 2.24. The van der Waals surface area contributed by atoms with Gasteiger partial charge in [-0.15, -0.1) is 11.3 Å². The van der Waals surface area contributed by atoms with Gasteiger partial charge in [0.25, 0.3) is 0 Å². The third kappa shape index (κ3) is 3.00. The second-order valence-electron chi connectivity index (χ2n) is 4.06. The largest absolute Gasteiger partial charge is 0.330 e. The standard InChI is InChI=1S/C11H19N3S/c12-6-3-5-11-14-10(8-15-11)9-4-1-2-7-13-9/h8-9,13H,1-7,12H2. The number of nitrogens with zero attached hydrogens (tertiary/aromatic N) is 1. The Morgan fingerprint density at radius 1 is 1.53 bits per heavy atom. The monoisotopic (exact) mass is 225 g/mol. The quantitative estimate of drug-likeness (QED) is 0.822. The lowest BCUT2D eigenvalue weighted by Gasteiger charge is -2.21. The van der Waals surface area contributed by atoms with Gasteiger partial charge in [0.2, 0.25) is 0 Å². The maximum absolute atomic E-state index is 5.49. The number of nitrogens with one attached hydrogen (secondary N) is 1. The summed E-state index contributed by atoms with van der Waals surface area (Å²) in [5.41, 5.74) is 6.73. The summed E-state index contributed by atoms with van der Waals surface area (Å²) in [5.74, 6) is 0. The van der Waals surface area contributed by atoms with Crippen molar-refractivity contribution in [3.05, 3.63) is 16.1 Å². The Hall–Kier alpha value is -0.450. The Morgan fingerprint density at radius 2 is 2.47 bits per heavy atom. The molecule has 0 bridgehead atoms. The second kappa shape index (κ2) is 5.58. The average molecular weight is 225 g/mol. The van der Waals surface area contributed by atoms with Gasteiger partial charge >= 0.3 is 0 Å². The molecule has 0 spiro atoms. The van der Waals surface area contributed by atoms with Gasteiger partial charge in [-0.25, -0.2) is 4.98 Å². The molecule has 1 saturated heterocycles. The molecule has 3 N–H and O–H groups in total. The molecule has 0 aliphatic carbocycles. The van der Waals surface area contributed by atoms with Crippen LogP contribution in [0.5, 0.6) is 0 Å². The molecule has 1 aromatic heterocycles. The molecule has 1 aromatic rings. The number of rotatable bonds is 4. The molecule has 4 heteroatoms. The van der Waals surface area contributed by atoms with Crippen LogP contribution in [0.1, 0.15) is 42.4 Å². The summed E-state index contributed by atoms with van der Waals surface area (Å²) in [4.78, 5) is 4.67. The van der Waals surface area contributed by atoms with Gasteiger partial charge in [0.1, 0.15) is 0 Å². The first-order valence-corrected chi connectivity index (χ1v) is 6.66. The molecule has 1 aliphatic heterocycles. The van der Waals surface area contributed by atoms with Gasteiger partial charge in [0, 0.05) is 11.8 Å². The minimum Gasteiger partial charge on any atom is -0.330 e. The van der Waals surface area contributed by atoms with Gasteiger partial charge in [0.05, 0.1) is 16.7 Å². The lowest BCUT2D eigenvalue weighted by molar-refractivity contribution is 0.406. The number of hydrogen-bond acceptors (Lipinski definition) is 4. The van der Waals surface area contributed by atoms with E-state index in [0.717, 1.165) is 25.9 Å². The first-order chi connectivity index (χ1) is 7.40. The fourth-order valence-electron chi connectivity index (χ4n) is 1.96. The smallest absolute Gasteiger partial charge is 0.0929 e. The molecule has 1 fully saturated rings. The molecule has 1 atom stereocenters. The Bertz CT molecular complexity index is 292. The van der Waals surface area contributed by atoms with Gasteiger partial charge in [0.15, 0.2) is 0 Å². The summed E-state index contributed by atoms with van der Waals surface area (Å²) in [6, 6.07) is 0.502. The fourth-order valence-corrected chi connectivity index (χ4v) is 2.85. The maximum Gasteiger partial charge on any atom is 0.0929 e. The summed E-state index contributed by atoms with van der Waals surface area (Å²) in [7, 11) is 0. The van der Waals surface area contributed by atoms with E-state index in [1.54, 1.807) is 11.3 Å². The van der Waals surface area contributed by atoms with Crippen molar-refractivity contribution in [3.63, 3.8) is 0 Å². The second-order valence-corrected chi connectivity index (χ2v) is 5.00. The summed E-state index contributed by atoms with van der Waals surface area (Å²) in [6.45, 7) is 1.90. The van der Waals surface area contributed by atoms with E-state index in [4.69, 9.17) is 5.73 Å². The fraction of sp³-hybridized carbons (Fsp3) is 0.727. The van der Waals surface area contributed by atoms with Crippen LogP contribution in [0, 0.1) is 0 Å². The van der Waals surface area contributed by atoms with Crippen LogP contribution in [0.3, 0.4) is 0 Å². The molecule has 0 saturated carbocycles. The Kier molecular flexibility index (Phi) is 4.11. The van der Waals surface area contributed by atoms with Crippen molar-refractivity contribution in [1.29, 1.82) is 0 Å². The number of piperidine rings is 1. The molecule has 0 aromatic carbocycles. The molecule has 15 heavy (non-hydrogen) atoms. The van der Waals surface area contributed by atoms with E-state index in [2.05, 4.69) is 15.7 Å². The summed E-state index contributed by atoms with van der Waals surface area (Å²) >= 11 is 1.78. The number of thiazole rings is 1. The van der Waals surface area contributed by atoms with Crippen molar-refractivity contribution >= 4 is 11.3 Å². The molecular formula is C11H19N3S. The number of nitrogens with two attached hydrogens (primary N) is 1. The van der Waals surface area contributed by atoms with E-state index in [1.165, 1.54) is 30.0 Å². The van der Waals surface area contributed by atoms with Gasteiger partial charge in [-0.05, 0) is 32.4 Å². The number of aromatic nitrogens is 1. The van der Waals surface area contributed by atoms with Crippen LogP contribution < -0.4 is 11.1 Å². The van der Waals surface area contributed by atoms with E-state index in [0.29, 0.717) is 6.04 Å². The highest BCUT2D eigenvalue weighted by atomic mass is 32.1. The zero-order valence-electron chi connectivity index (χ0n) is 9.04. The van der Waals surface area contributed by atoms with Crippen LogP contribution in [0.25, 0.3) is 0 Å². The van der Waals surface area contributed by atoms with Gasteiger partial charge in [-0.3, -0.25) is 0 Å². The first-order valence-electron chi connectivity index (χ1n) is 5.78. The van der Waals surface area contributed by atoms with Crippen molar-refractivity contribution < 1.29 is 0 Å². The highest BCUT2D eigenvalue weighted by molar-refractivity contribution is 7.09. The predicted octanol–water partition coefficient (Wildman–Crippen LogP) is 1.85. The van der Waals surface area contributed by atoms with Crippen molar-refractivity contribution in [2.75, 3.05) is 13.1 Å². The molecule has 84 valence electrons. The maximum atomic E-state index is 5.49. The third-order valence-corrected chi connectivity index (χ3v) is 3.76. The van der Waals surface area contributed by atoms with E-state index in [1.807, 2.05) is 0 Å². The van der Waals surface area contributed by atoms with Crippen LogP contribution in [0.2, 0.25) is 0 Å². The van der Waals surface area contributed by atoms with Crippen LogP contribution in [0.4, 0.5) is 0 Å². The Morgan fingerprint density at radius 3 is 3.20 bits per heavy atom. The molecule has 1 aliphatic rings. The van der Waals surface area contributed by atoms with E-state index in [-0.39, 0.29) is 0 Å². The van der Waals surface area contributed by atoms with Crippen molar-refractivity contribution in [2.45, 2.75) is 38.1 Å². The first kappa shape index (κ1) is 11.0. The number of aryl methyl sites for hydroxylation is 1. The SMILES string of the molecule is NCCCc1nc(C2CCCCN2)cs1. The van der Waals surface area contributed by atoms with Crippen LogP contribution >= 0.6 is 11.3 Å². The van der Waals surface area contributed by atoms with E-state index in [9.17, 15) is 0 Å². The molecule has 1 unspecified atom stereocenters. The van der Waals surface area contributed by atoms with Crippen LogP contribution in [0.15, 0.2) is 5.38 Å². The van der Waals surface area contributed by atoms with Crippen LogP contribution in [-0.2, 0) is 6.42 Å². The minimum absolute atomic E-state index is 0.502. The average Bonchev–Trinajstić information content (AvgIpc) is 2.76. The normalized spacial score (nSPS) is 21.8. The molecule has 3 nitrogen and oxygen atoms in total. The van der Waals surface area contributed by atoms with Crippen molar-refractivity contribution in [3.8, 4) is 0 Å². The molecule has 0 amide bonds. The minimum atomic E-state index is 0.502. The highest BCUT2D eigenvalue weighted by Gasteiger charge is 2.17. The summed E-state index contributed by atoms with van der Waals surface area (Å²) < 4.78 is 0. The van der Waals surface area contributed by atoms with E-state index >= 15 is 0 Å². The van der Waals surface area contributed by atoms with E-state index < -0.39 is 0 Å². The summed E-state index contributed by atoms with van der Waals surface area (Å²) in [5, 5.41) is 6.97. The Labute approximate surface area is 95.1 Å². The molecule has 2 heterocycles. The molecular weight excluding hydrogens is 206 g/mol. The van der Waals surface area contributed by atoms with Crippen molar-refractivity contribution in [1.82, 2.24) is 10.3 Å². The zero-order valence-corrected chi connectivity index (χ0v) is 9.85. The lowest BCUT2D eigenvalue weighted by Crippen LogP contribution is -2.26. The lowest BCUT2D eigenvalue weighted by atomic mass is 10.0. The third-order valence-electron chi connectivity index (χ3n) is 2.83. The predicted molar refractivity (Wildman–Crippen MR) is 64.1 cm³/mol. The van der Waals surface area contributed by atoms with Gasteiger partial charge < -0.3 is 11.1 Å². The van der Waals surface area contributed by atoms with Gasteiger partial charge in [-0.2, -0.15) is 0 Å². The number of hydrogen-bond donors (Lipinski definition) is 2. The topological polar surface area (TPSA) is 50.9 Å². The molecule has 2 rings (SSSR count). The van der Waals surface area contributed by atoms with Crippen molar-refractivity contribution in [2.24, 2.45) is 5.73 Å². The van der Waals surface area contributed by atoms with Crippen LogP contribution in [-0.4, -0.2) is 18.1 Å². The van der Waals surface area contributed by atoms with Gasteiger partial charge in [-0.1, -0.05) is 6.42 Å². The zero-order chi connectivity index (χ0) is 10.5. The molecule has 0 radical (unpaired) electrons. The Balaban J connectivity index is 1.93.